The molecule has 2 N–H and O–H groups in total. The highest BCUT2D eigenvalue weighted by Gasteiger charge is 2.38. The maximum absolute atomic E-state index is 10.4. The van der Waals surface area contributed by atoms with E-state index in [1.165, 1.54) is 5.56 Å². The Morgan fingerprint density at radius 2 is 2.14 bits per heavy atom. The normalized spacial score (nSPS) is 25.2. The highest BCUT2D eigenvalue weighted by molar-refractivity contribution is 5.27. The maximum atomic E-state index is 10.4. The van der Waals surface area contributed by atoms with Gasteiger partial charge in [-0.2, -0.15) is 0 Å². The lowest BCUT2D eigenvalue weighted by atomic mass is 9.96. The van der Waals surface area contributed by atoms with Crippen molar-refractivity contribution in [3.8, 4) is 5.75 Å². The summed E-state index contributed by atoms with van der Waals surface area (Å²) in [6.45, 7) is 6.80. The second-order valence-electron chi connectivity index (χ2n) is 5.82. The summed E-state index contributed by atoms with van der Waals surface area (Å²) in [5, 5.41) is 13.7. The van der Waals surface area contributed by atoms with Crippen LogP contribution in [0, 0.1) is 0 Å². The smallest absolute Gasteiger partial charge is 0.119 e. The summed E-state index contributed by atoms with van der Waals surface area (Å²) in [5.74, 6) is 0.920. The second-order valence-corrected chi connectivity index (χ2v) is 5.82. The fourth-order valence-electron chi connectivity index (χ4n) is 2.46. The first-order chi connectivity index (χ1) is 10.1. The lowest BCUT2D eigenvalue weighted by Gasteiger charge is -2.26. The van der Waals surface area contributed by atoms with E-state index in [4.69, 9.17) is 9.47 Å². The van der Waals surface area contributed by atoms with Crippen molar-refractivity contribution in [1.29, 1.82) is 0 Å². The molecule has 0 aromatic heterocycles. The Bertz CT molecular complexity index is 421. The lowest BCUT2D eigenvalue weighted by molar-refractivity contribution is -0.0262. The summed E-state index contributed by atoms with van der Waals surface area (Å²) in [4.78, 5) is 0. The summed E-state index contributed by atoms with van der Waals surface area (Å²) >= 11 is 0. The second kappa shape index (κ2) is 7.78. The van der Waals surface area contributed by atoms with E-state index in [1.54, 1.807) is 0 Å². The van der Waals surface area contributed by atoms with Gasteiger partial charge in [0, 0.05) is 26.1 Å². The van der Waals surface area contributed by atoms with Crippen LogP contribution in [0.4, 0.5) is 0 Å². The first kappa shape index (κ1) is 16.3. The van der Waals surface area contributed by atoms with Crippen LogP contribution in [0.5, 0.6) is 5.75 Å². The number of hydrogen-bond acceptors (Lipinski definition) is 4. The standard InChI is InChI=1S/C17H27NO3/c1-3-4-10-21-16-7-5-15(6-8-16)12-18-13-17(19)9-11-20-14(17)2/h5-8,14,18-19H,3-4,9-13H2,1-2H3. The Balaban J connectivity index is 1.73. The topological polar surface area (TPSA) is 50.7 Å². The fourth-order valence-corrected chi connectivity index (χ4v) is 2.46. The molecule has 21 heavy (non-hydrogen) atoms. The zero-order valence-electron chi connectivity index (χ0n) is 13.1. The minimum Gasteiger partial charge on any atom is -0.494 e. The maximum Gasteiger partial charge on any atom is 0.119 e. The minimum absolute atomic E-state index is 0.0978. The van der Waals surface area contributed by atoms with Crippen LogP contribution < -0.4 is 10.1 Å². The molecule has 0 bridgehead atoms. The molecule has 0 amide bonds. The van der Waals surface area contributed by atoms with Crippen LogP contribution in [-0.2, 0) is 11.3 Å². The highest BCUT2D eigenvalue weighted by atomic mass is 16.5. The van der Waals surface area contributed by atoms with Gasteiger partial charge in [0.25, 0.3) is 0 Å². The average molecular weight is 293 g/mol. The number of aliphatic hydroxyl groups is 1. The van der Waals surface area contributed by atoms with Crippen LogP contribution in [0.25, 0.3) is 0 Å². The molecule has 0 saturated carbocycles. The van der Waals surface area contributed by atoms with Gasteiger partial charge in [-0.15, -0.1) is 0 Å². The molecule has 0 aliphatic carbocycles. The molecule has 1 aromatic carbocycles. The first-order valence-corrected chi connectivity index (χ1v) is 7.90. The van der Waals surface area contributed by atoms with Crippen LogP contribution in [0.2, 0.25) is 0 Å². The van der Waals surface area contributed by atoms with E-state index < -0.39 is 5.60 Å². The molecule has 4 heteroatoms. The number of nitrogens with one attached hydrogen (secondary N) is 1. The summed E-state index contributed by atoms with van der Waals surface area (Å²) in [6, 6.07) is 8.13. The molecule has 1 fully saturated rings. The Kier molecular flexibility index (Phi) is 6.03. The Morgan fingerprint density at radius 3 is 2.76 bits per heavy atom. The van der Waals surface area contributed by atoms with E-state index in [1.807, 2.05) is 19.1 Å². The van der Waals surface area contributed by atoms with Gasteiger partial charge >= 0.3 is 0 Å². The van der Waals surface area contributed by atoms with E-state index in [0.717, 1.165) is 31.7 Å². The van der Waals surface area contributed by atoms with Crippen LogP contribution in [0.15, 0.2) is 24.3 Å². The van der Waals surface area contributed by atoms with Gasteiger partial charge in [-0.3, -0.25) is 0 Å². The molecule has 1 heterocycles. The monoisotopic (exact) mass is 293 g/mol. The van der Waals surface area contributed by atoms with Crippen LogP contribution in [0.1, 0.15) is 38.7 Å². The van der Waals surface area contributed by atoms with Crippen molar-refractivity contribution < 1.29 is 14.6 Å². The molecular formula is C17H27NO3. The van der Waals surface area contributed by atoms with Crippen molar-refractivity contribution in [2.75, 3.05) is 19.8 Å². The van der Waals surface area contributed by atoms with Gasteiger partial charge in [0.1, 0.15) is 11.4 Å². The molecular weight excluding hydrogens is 266 g/mol. The Morgan fingerprint density at radius 1 is 1.38 bits per heavy atom. The van der Waals surface area contributed by atoms with Gasteiger partial charge < -0.3 is 19.9 Å². The zero-order valence-corrected chi connectivity index (χ0v) is 13.1. The Labute approximate surface area is 127 Å². The molecule has 2 rings (SSSR count). The van der Waals surface area contributed by atoms with Gasteiger partial charge in [-0.25, -0.2) is 0 Å². The quantitative estimate of drug-likeness (QED) is 0.723. The van der Waals surface area contributed by atoms with Crippen molar-refractivity contribution in [3.05, 3.63) is 29.8 Å². The van der Waals surface area contributed by atoms with Gasteiger partial charge in [-0.1, -0.05) is 25.5 Å². The van der Waals surface area contributed by atoms with Crippen LogP contribution in [-0.4, -0.2) is 36.6 Å². The van der Waals surface area contributed by atoms with Gasteiger partial charge in [-0.05, 0) is 31.0 Å². The van der Waals surface area contributed by atoms with Crippen molar-refractivity contribution in [2.45, 2.75) is 51.4 Å². The number of rotatable bonds is 8. The summed E-state index contributed by atoms with van der Waals surface area (Å²) < 4.78 is 11.1. The van der Waals surface area contributed by atoms with E-state index in [9.17, 15) is 5.11 Å². The van der Waals surface area contributed by atoms with E-state index in [-0.39, 0.29) is 6.10 Å². The molecule has 118 valence electrons. The lowest BCUT2D eigenvalue weighted by Crippen LogP contribution is -2.45. The third-order valence-corrected chi connectivity index (χ3v) is 4.11. The van der Waals surface area contributed by atoms with E-state index in [0.29, 0.717) is 19.6 Å². The predicted molar refractivity (Wildman–Crippen MR) is 83.5 cm³/mol. The number of benzene rings is 1. The number of ether oxygens (including phenoxy) is 2. The third kappa shape index (κ3) is 4.70. The molecule has 1 saturated heterocycles. The fraction of sp³-hybridized carbons (Fsp3) is 0.647. The largest absolute Gasteiger partial charge is 0.494 e. The molecule has 2 atom stereocenters. The molecule has 4 nitrogen and oxygen atoms in total. The SMILES string of the molecule is CCCCOc1ccc(CNCC2(O)CCOC2C)cc1. The van der Waals surface area contributed by atoms with E-state index in [2.05, 4.69) is 24.4 Å². The molecule has 1 aromatic rings. The minimum atomic E-state index is -0.733. The molecule has 0 radical (unpaired) electrons. The first-order valence-electron chi connectivity index (χ1n) is 7.90. The van der Waals surface area contributed by atoms with Crippen LogP contribution in [0.3, 0.4) is 0 Å². The summed E-state index contributed by atoms with van der Waals surface area (Å²) in [7, 11) is 0. The van der Waals surface area contributed by atoms with Gasteiger partial charge in [0.15, 0.2) is 0 Å². The zero-order chi connectivity index (χ0) is 15.1. The third-order valence-electron chi connectivity index (χ3n) is 4.11. The molecule has 1 aliphatic rings. The molecule has 0 spiro atoms. The van der Waals surface area contributed by atoms with Crippen molar-refractivity contribution in [1.82, 2.24) is 5.32 Å². The predicted octanol–water partition coefficient (Wildman–Crippen LogP) is 2.50. The van der Waals surface area contributed by atoms with E-state index >= 15 is 0 Å². The van der Waals surface area contributed by atoms with Crippen molar-refractivity contribution in [2.24, 2.45) is 0 Å². The van der Waals surface area contributed by atoms with Crippen LogP contribution >= 0.6 is 0 Å². The van der Waals surface area contributed by atoms with Gasteiger partial charge in [0.2, 0.25) is 0 Å². The van der Waals surface area contributed by atoms with Crippen molar-refractivity contribution in [3.63, 3.8) is 0 Å². The Hall–Kier alpha value is -1.10. The number of hydrogen-bond donors (Lipinski definition) is 2. The highest BCUT2D eigenvalue weighted by Crippen LogP contribution is 2.24. The number of unbranched alkanes of at least 4 members (excludes halogenated alkanes) is 1. The summed E-state index contributed by atoms with van der Waals surface area (Å²) in [6.07, 6.45) is 2.83. The molecule has 1 aliphatic heterocycles. The molecule has 2 unspecified atom stereocenters. The average Bonchev–Trinajstić information content (AvgIpc) is 2.81. The summed E-state index contributed by atoms with van der Waals surface area (Å²) in [5.41, 5.74) is 0.455. The van der Waals surface area contributed by atoms with Gasteiger partial charge in [0.05, 0.1) is 12.7 Å². The van der Waals surface area contributed by atoms with Crippen molar-refractivity contribution >= 4 is 0 Å².